The van der Waals surface area contributed by atoms with Crippen molar-refractivity contribution in [1.82, 2.24) is 5.32 Å². The normalized spacial score (nSPS) is 16.2. The van der Waals surface area contributed by atoms with Crippen LogP contribution in [0.4, 0.5) is 0 Å². The molecule has 27 heavy (non-hydrogen) atoms. The number of nitrogens with one attached hydrogen (secondary N) is 1. The topological polar surface area (TPSA) is 47.6 Å². The molecule has 4 nitrogen and oxygen atoms in total. The summed E-state index contributed by atoms with van der Waals surface area (Å²) < 4.78 is 11.9. The van der Waals surface area contributed by atoms with Gasteiger partial charge in [0.15, 0.2) is 0 Å². The summed E-state index contributed by atoms with van der Waals surface area (Å²) in [5, 5.41) is 3.08. The van der Waals surface area contributed by atoms with Gasteiger partial charge < -0.3 is 14.8 Å². The second-order valence-electron chi connectivity index (χ2n) is 6.70. The second-order valence-corrected chi connectivity index (χ2v) is 7.61. The van der Waals surface area contributed by atoms with Crippen LogP contribution in [-0.4, -0.2) is 32.8 Å². The molecule has 1 saturated heterocycles. The molecule has 1 aliphatic rings. The van der Waals surface area contributed by atoms with E-state index in [1.807, 2.05) is 36.4 Å². The van der Waals surface area contributed by atoms with Gasteiger partial charge in [0.25, 0.3) is 0 Å². The molecule has 1 heterocycles. The third-order valence-electron chi connectivity index (χ3n) is 5.04. The van der Waals surface area contributed by atoms with Gasteiger partial charge in [0.2, 0.25) is 5.91 Å². The fraction of sp³-hybridized carbons (Fsp3) is 0.318. The molecule has 1 amide bonds. The summed E-state index contributed by atoms with van der Waals surface area (Å²) in [6, 6.07) is 16.0. The minimum absolute atomic E-state index is 0.101. The van der Waals surface area contributed by atoms with Crippen LogP contribution >= 0.6 is 15.9 Å². The molecule has 0 radical (unpaired) electrons. The van der Waals surface area contributed by atoms with Crippen LogP contribution in [0, 0.1) is 0 Å². The highest BCUT2D eigenvalue weighted by atomic mass is 79.9. The zero-order chi connectivity index (χ0) is 19.1. The van der Waals surface area contributed by atoms with Gasteiger partial charge in [-0.25, -0.2) is 0 Å². The standard InChI is InChI=1S/C22H24BrNO3/c1-26-20-8-3-2-5-17(20)9-10-21(25)24-16-22(11-13-27-14-12-22)18-6-4-7-19(23)15-18/h2-10,15H,11-14,16H2,1H3,(H,24,25)/b10-9+. The van der Waals surface area contributed by atoms with E-state index in [0.717, 1.165) is 28.6 Å². The number of hydrogen-bond donors (Lipinski definition) is 1. The van der Waals surface area contributed by atoms with Crippen molar-refractivity contribution in [2.45, 2.75) is 18.3 Å². The lowest BCUT2D eigenvalue weighted by atomic mass is 9.74. The minimum atomic E-state index is -0.109. The number of carbonyl (C=O) groups excluding carboxylic acids is 1. The van der Waals surface area contributed by atoms with E-state index in [9.17, 15) is 4.79 Å². The first kappa shape index (κ1) is 19.6. The molecule has 0 bridgehead atoms. The van der Waals surface area contributed by atoms with E-state index in [2.05, 4.69) is 33.4 Å². The van der Waals surface area contributed by atoms with Gasteiger partial charge in [-0.2, -0.15) is 0 Å². The number of halogens is 1. The lowest BCUT2D eigenvalue weighted by Gasteiger charge is -2.38. The number of methoxy groups -OCH3 is 1. The third-order valence-corrected chi connectivity index (χ3v) is 5.53. The zero-order valence-corrected chi connectivity index (χ0v) is 17.0. The molecule has 1 fully saturated rings. The first-order valence-electron chi connectivity index (χ1n) is 9.06. The molecule has 2 aromatic rings. The maximum absolute atomic E-state index is 12.4. The van der Waals surface area contributed by atoms with Gasteiger partial charge in [-0.3, -0.25) is 4.79 Å². The predicted molar refractivity (Wildman–Crippen MR) is 111 cm³/mol. The van der Waals surface area contributed by atoms with E-state index in [0.29, 0.717) is 19.8 Å². The quantitative estimate of drug-likeness (QED) is 0.694. The first-order chi connectivity index (χ1) is 13.1. The number of ether oxygens (including phenoxy) is 2. The molecule has 0 saturated carbocycles. The van der Waals surface area contributed by atoms with Crippen LogP contribution in [0.25, 0.3) is 6.08 Å². The Morgan fingerprint density at radius 3 is 2.74 bits per heavy atom. The lowest BCUT2D eigenvalue weighted by Crippen LogP contribution is -2.44. The van der Waals surface area contributed by atoms with Gasteiger partial charge in [0, 0.05) is 41.3 Å². The van der Waals surface area contributed by atoms with Crippen LogP contribution in [0.5, 0.6) is 5.75 Å². The Morgan fingerprint density at radius 1 is 1.22 bits per heavy atom. The number of rotatable bonds is 6. The number of hydrogen-bond acceptors (Lipinski definition) is 3. The Balaban J connectivity index is 1.70. The molecule has 2 aromatic carbocycles. The molecule has 0 aliphatic carbocycles. The summed E-state index contributed by atoms with van der Waals surface area (Å²) >= 11 is 3.56. The molecule has 142 valence electrons. The minimum Gasteiger partial charge on any atom is -0.496 e. The average Bonchev–Trinajstić information content (AvgIpc) is 2.71. The molecule has 0 unspecified atom stereocenters. The van der Waals surface area contributed by atoms with Crippen molar-refractivity contribution in [3.63, 3.8) is 0 Å². The van der Waals surface area contributed by atoms with E-state index in [4.69, 9.17) is 9.47 Å². The molecular weight excluding hydrogens is 406 g/mol. The highest BCUT2D eigenvalue weighted by molar-refractivity contribution is 9.10. The van der Waals surface area contributed by atoms with Crippen LogP contribution in [-0.2, 0) is 14.9 Å². The lowest BCUT2D eigenvalue weighted by molar-refractivity contribution is -0.116. The average molecular weight is 430 g/mol. The largest absolute Gasteiger partial charge is 0.496 e. The third kappa shape index (κ3) is 4.99. The Morgan fingerprint density at radius 2 is 2.00 bits per heavy atom. The number of amides is 1. The SMILES string of the molecule is COc1ccccc1/C=C/C(=O)NCC1(c2cccc(Br)c2)CCOCC1. The maximum Gasteiger partial charge on any atom is 0.244 e. The van der Waals surface area contributed by atoms with Crippen LogP contribution in [0.2, 0.25) is 0 Å². The second kappa shape index (κ2) is 9.20. The number of para-hydroxylation sites is 1. The van der Waals surface area contributed by atoms with Crippen molar-refractivity contribution in [1.29, 1.82) is 0 Å². The summed E-state index contributed by atoms with van der Waals surface area (Å²) in [5.74, 6) is 0.637. The Hall–Kier alpha value is -2.11. The van der Waals surface area contributed by atoms with Crippen molar-refractivity contribution >= 4 is 27.9 Å². The smallest absolute Gasteiger partial charge is 0.244 e. The van der Waals surface area contributed by atoms with Crippen LogP contribution < -0.4 is 10.1 Å². The first-order valence-corrected chi connectivity index (χ1v) is 9.85. The molecular formula is C22H24BrNO3. The predicted octanol–water partition coefficient (Wildman–Crippen LogP) is 4.34. The Kier molecular flexibility index (Phi) is 6.69. The van der Waals surface area contributed by atoms with Crippen molar-refractivity contribution in [2.75, 3.05) is 26.9 Å². The highest BCUT2D eigenvalue weighted by Crippen LogP contribution is 2.35. The zero-order valence-electron chi connectivity index (χ0n) is 15.4. The fourth-order valence-corrected chi connectivity index (χ4v) is 3.83. The molecule has 0 atom stereocenters. The van der Waals surface area contributed by atoms with Gasteiger partial charge >= 0.3 is 0 Å². The summed E-state index contributed by atoms with van der Waals surface area (Å²) in [6.07, 6.45) is 5.12. The monoisotopic (exact) mass is 429 g/mol. The van der Waals surface area contributed by atoms with Crippen molar-refractivity contribution < 1.29 is 14.3 Å². The van der Waals surface area contributed by atoms with Crippen molar-refractivity contribution in [3.05, 3.63) is 70.2 Å². The molecule has 0 aromatic heterocycles. The van der Waals surface area contributed by atoms with E-state index >= 15 is 0 Å². The fourth-order valence-electron chi connectivity index (χ4n) is 3.43. The van der Waals surface area contributed by atoms with Crippen LogP contribution in [0.1, 0.15) is 24.0 Å². The molecule has 1 aliphatic heterocycles. The van der Waals surface area contributed by atoms with E-state index < -0.39 is 0 Å². The summed E-state index contributed by atoms with van der Waals surface area (Å²) in [4.78, 5) is 12.4. The van der Waals surface area contributed by atoms with Crippen LogP contribution in [0.15, 0.2) is 59.1 Å². The van der Waals surface area contributed by atoms with Gasteiger partial charge in [0.1, 0.15) is 5.75 Å². The number of benzene rings is 2. The summed E-state index contributed by atoms with van der Waals surface area (Å²) in [6.45, 7) is 2.00. The summed E-state index contributed by atoms with van der Waals surface area (Å²) in [7, 11) is 1.62. The van der Waals surface area contributed by atoms with E-state index in [-0.39, 0.29) is 11.3 Å². The van der Waals surface area contributed by atoms with Gasteiger partial charge in [-0.15, -0.1) is 0 Å². The van der Waals surface area contributed by atoms with Gasteiger partial charge in [0.05, 0.1) is 7.11 Å². The number of carbonyl (C=O) groups is 1. The van der Waals surface area contributed by atoms with Crippen molar-refractivity contribution in [2.24, 2.45) is 0 Å². The molecule has 0 spiro atoms. The molecule has 3 rings (SSSR count). The maximum atomic E-state index is 12.4. The summed E-state index contributed by atoms with van der Waals surface area (Å²) in [5.41, 5.74) is 2.01. The van der Waals surface area contributed by atoms with Crippen molar-refractivity contribution in [3.8, 4) is 5.75 Å². The molecule has 5 heteroatoms. The van der Waals surface area contributed by atoms with Crippen LogP contribution in [0.3, 0.4) is 0 Å². The van der Waals surface area contributed by atoms with E-state index in [1.54, 1.807) is 19.3 Å². The Labute approximate surface area is 168 Å². The highest BCUT2D eigenvalue weighted by Gasteiger charge is 2.34. The molecule has 1 N–H and O–H groups in total. The Bertz CT molecular complexity index is 813. The van der Waals surface area contributed by atoms with Gasteiger partial charge in [-0.1, -0.05) is 46.3 Å². The van der Waals surface area contributed by atoms with E-state index in [1.165, 1.54) is 5.56 Å². The van der Waals surface area contributed by atoms with Gasteiger partial charge in [-0.05, 0) is 42.7 Å².